The molecule has 0 amide bonds. The molecule has 2 rings (SSSR count). The first-order valence-electron chi connectivity index (χ1n) is 11.8. The number of hydrogen-bond donors (Lipinski definition) is 0. The summed E-state index contributed by atoms with van der Waals surface area (Å²) in [5, 5.41) is -0.0151. The summed E-state index contributed by atoms with van der Waals surface area (Å²) in [5.74, 6) is -1.30. The van der Waals surface area contributed by atoms with Crippen LogP contribution in [0.4, 0.5) is 0 Å². The highest BCUT2D eigenvalue weighted by molar-refractivity contribution is 6.74. The fourth-order valence-corrected chi connectivity index (χ4v) is 4.88. The van der Waals surface area contributed by atoms with Gasteiger partial charge in [-0.2, -0.15) is 0 Å². The normalized spacial score (nSPS) is 23.4. The Labute approximate surface area is 199 Å². The Kier molecular flexibility index (Phi) is 9.46. The molecular weight excluding hydrogens is 436 g/mol. The van der Waals surface area contributed by atoms with E-state index in [1.54, 1.807) is 13.0 Å². The van der Waals surface area contributed by atoms with Crippen molar-refractivity contribution in [1.29, 1.82) is 0 Å². The third-order valence-electron chi connectivity index (χ3n) is 6.63. The minimum absolute atomic E-state index is 0.0151. The zero-order valence-corrected chi connectivity index (χ0v) is 22.3. The Morgan fingerprint density at radius 1 is 1.21 bits per heavy atom. The highest BCUT2D eigenvalue weighted by Crippen LogP contribution is 2.41. The predicted octanol–water partition coefficient (Wildman–Crippen LogP) is 5.28. The summed E-state index contributed by atoms with van der Waals surface area (Å²) in [5.41, 5.74) is 1.02. The molecule has 0 radical (unpaired) electrons. The zero-order valence-electron chi connectivity index (χ0n) is 21.3. The molecule has 0 bridgehead atoms. The lowest BCUT2D eigenvalue weighted by molar-refractivity contribution is -0.153. The molecule has 1 fully saturated rings. The smallest absolute Gasteiger partial charge is 0.330 e. The zero-order chi connectivity index (χ0) is 24.8. The number of carbonyl (C=O) groups excluding carboxylic acids is 2. The number of esters is 2. The van der Waals surface area contributed by atoms with E-state index < -0.39 is 38.5 Å². The second-order valence-electron chi connectivity index (χ2n) is 10.3. The van der Waals surface area contributed by atoms with E-state index in [2.05, 4.69) is 33.9 Å². The second-order valence-corrected chi connectivity index (χ2v) is 15.0. The van der Waals surface area contributed by atoms with Gasteiger partial charge in [0, 0.05) is 12.0 Å². The van der Waals surface area contributed by atoms with Crippen molar-refractivity contribution in [3.8, 4) is 0 Å². The van der Waals surface area contributed by atoms with Gasteiger partial charge in [0.05, 0.1) is 25.2 Å². The first-order valence-corrected chi connectivity index (χ1v) is 14.7. The van der Waals surface area contributed by atoms with E-state index in [1.807, 2.05) is 44.2 Å². The molecule has 1 aromatic rings. The van der Waals surface area contributed by atoms with Gasteiger partial charge >= 0.3 is 11.9 Å². The topological polar surface area (TPSA) is 71.1 Å². The lowest BCUT2D eigenvalue weighted by Gasteiger charge is -2.41. The van der Waals surface area contributed by atoms with Crippen molar-refractivity contribution in [1.82, 2.24) is 0 Å². The molecule has 0 aromatic heterocycles. The Hall–Kier alpha value is -1.96. The summed E-state index contributed by atoms with van der Waals surface area (Å²) >= 11 is 0. The van der Waals surface area contributed by atoms with E-state index in [-0.39, 0.29) is 16.9 Å². The summed E-state index contributed by atoms with van der Waals surface area (Å²) in [6, 6.07) is 9.85. The number of carbonyl (C=O) groups is 2. The molecule has 7 heteroatoms. The van der Waals surface area contributed by atoms with Crippen LogP contribution in [-0.4, -0.2) is 45.2 Å². The van der Waals surface area contributed by atoms with Crippen LogP contribution in [0.3, 0.4) is 0 Å². The van der Waals surface area contributed by atoms with Crippen molar-refractivity contribution < 1.29 is 28.2 Å². The molecule has 0 aliphatic carbocycles. The van der Waals surface area contributed by atoms with Crippen LogP contribution in [0.5, 0.6) is 0 Å². The Bertz CT molecular complexity index is 814. The predicted molar refractivity (Wildman–Crippen MR) is 131 cm³/mol. The van der Waals surface area contributed by atoms with Crippen LogP contribution in [0, 0.1) is 11.8 Å². The molecule has 33 heavy (non-hydrogen) atoms. The van der Waals surface area contributed by atoms with E-state index in [0.29, 0.717) is 13.2 Å². The molecule has 1 saturated heterocycles. The molecule has 1 heterocycles. The molecular formula is C26H40O6Si. The molecule has 1 aliphatic heterocycles. The van der Waals surface area contributed by atoms with E-state index in [0.717, 1.165) is 5.56 Å². The summed E-state index contributed by atoms with van der Waals surface area (Å²) in [7, 11) is -2.18. The molecule has 6 nitrogen and oxygen atoms in total. The number of benzene rings is 1. The van der Waals surface area contributed by atoms with Gasteiger partial charge in [-0.1, -0.05) is 64.1 Å². The SMILES string of the molecule is CCOC(=O)/C=C/[C@@H](C)[C@H](OCc1ccccc1)[C@@H]1OC(=O)[C@H](C)[C@H]1O[Si](C)(C)C(C)(C)C. The van der Waals surface area contributed by atoms with Gasteiger partial charge in [-0.05, 0) is 37.5 Å². The number of cyclic esters (lactones) is 1. The third-order valence-corrected chi connectivity index (χ3v) is 11.1. The lowest BCUT2D eigenvalue weighted by Crippen LogP contribution is -2.51. The van der Waals surface area contributed by atoms with Crippen molar-refractivity contribution >= 4 is 20.3 Å². The maximum Gasteiger partial charge on any atom is 0.330 e. The Morgan fingerprint density at radius 2 is 1.85 bits per heavy atom. The van der Waals surface area contributed by atoms with E-state index in [4.69, 9.17) is 18.6 Å². The minimum atomic E-state index is -2.18. The molecule has 5 atom stereocenters. The van der Waals surface area contributed by atoms with Gasteiger partial charge in [-0.25, -0.2) is 4.79 Å². The van der Waals surface area contributed by atoms with E-state index in [9.17, 15) is 9.59 Å². The van der Waals surface area contributed by atoms with Gasteiger partial charge in [-0.3, -0.25) is 4.79 Å². The minimum Gasteiger partial charge on any atom is -0.463 e. The Balaban J connectivity index is 2.32. The molecule has 0 spiro atoms. The highest BCUT2D eigenvalue weighted by Gasteiger charge is 2.52. The van der Waals surface area contributed by atoms with Gasteiger partial charge in [0.25, 0.3) is 0 Å². The van der Waals surface area contributed by atoms with Crippen molar-refractivity contribution in [2.24, 2.45) is 11.8 Å². The molecule has 184 valence electrons. The van der Waals surface area contributed by atoms with Crippen LogP contribution < -0.4 is 0 Å². The number of rotatable bonds is 10. The van der Waals surface area contributed by atoms with Gasteiger partial charge in [0.15, 0.2) is 14.4 Å². The number of hydrogen-bond acceptors (Lipinski definition) is 6. The van der Waals surface area contributed by atoms with E-state index >= 15 is 0 Å². The average molecular weight is 477 g/mol. The molecule has 0 unspecified atom stereocenters. The van der Waals surface area contributed by atoms with Crippen LogP contribution in [0.1, 0.15) is 47.1 Å². The maximum absolute atomic E-state index is 12.6. The average Bonchev–Trinajstić information content (AvgIpc) is 3.00. The van der Waals surface area contributed by atoms with Crippen LogP contribution in [-0.2, 0) is 34.8 Å². The summed E-state index contributed by atoms with van der Waals surface area (Å²) < 4.78 is 23.9. The van der Waals surface area contributed by atoms with Gasteiger partial charge < -0.3 is 18.6 Å². The first kappa shape index (κ1) is 27.3. The van der Waals surface area contributed by atoms with Crippen LogP contribution in [0.25, 0.3) is 0 Å². The second kappa shape index (κ2) is 11.4. The molecule has 1 aromatic carbocycles. The molecule has 1 aliphatic rings. The van der Waals surface area contributed by atoms with Crippen molar-refractivity contribution in [2.45, 2.75) is 84.6 Å². The monoisotopic (exact) mass is 476 g/mol. The van der Waals surface area contributed by atoms with Crippen molar-refractivity contribution in [3.05, 3.63) is 48.0 Å². The number of ether oxygens (including phenoxy) is 3. The third kappa shape index (κ3) is 7.26. The lowest BCUT2D eigenvalue weighted by atomic mass is 9.92. The fourth-order valence-electron chi connectivity index (χ4n) is 3.51. The largest absolute Gasteiger partial charge is 0.463 e. The summed E-state index contributed by atoms with van der Waals surface area (Å²) in [4.78, 5) is 24.5. The van der Waals surface area contributed by atoms with Crippen molar-refractivity contribution in [3.63, 3.8) is 0 Å². The van der Waals surface area contributed by atoms with Crippen LogP contribution in [0.2, 0.25) is 18.1 Å². The van der Waals surface area contributed by atoms with Gasteiger partial charge in [-0.15, -0.1) is 0 Å². The quantitative estimate of drug-likeness (QED) is 0.260. The van der Waals surface area contributed by atoms with Crippen LogP contribution >= 0.6 is 0 Å². The highest BCUT2D eigenvalue weighted by atomic mass is 28.4. The Morgan fingerprint density at radius 3 is 2.42 bits per heavy atom. The molecule has 0 N–H and O–H groups in total. The summed E-state index contributed by atoms with van der Waals surface area (Å²) in [6.45, 7) is 17.1. The standard InChI is InChI=1S/C26H40O6Si/c1-9-29-21(27)16-15-18(2)22(30-17-20-13-11-10-12-14-20)24-23(19(3)25(28)31-24)32-33(7,8)26(4,5)6/h10-16,18-19,22-24H,9,17H2,1-8H3/b16-15+/t18-,19-,22+,23-,24+/m1/s1. The van der Waals surface area contributed by atoms with E-state index in [1.165, 1.54) is 6.08 Å². The summed E-state index contributed by atoms with van der Waals surface area (Å²) in [6.07, 6.45) is 1.69. The van der Waals surface area contributed by atoms with Crippen LogP contribution in [0.15, 0.2) is 42.5 Å². The van der Waals surface area contributed by atoms with Gasteiger partial charge in [0.1, 0.15) is 6.10 Å². The first-order chi connectivity index (χ1) is 15.4. The maximum atomic E-state index is 12.6. The fraction of sp³-hybridized carbons (Fsp3) is 0.615. The molecule has 0 saturated carbocycles. The van der Waals surface area contributed by atoms with Gasteiger partial charge in [0.2, 0.25) is 0 Å². The van der Waals surface area contributed by atoms with Crippen molar-refractivity contribution in [2.75, 3.05) is 6.61 Å².